The fourth-order valence-corrected chi connectivity index (χ4v) is 3.07. The van der Waals surface area contributed by atoms with Crippen LogP contribution in [0.15, 0.2) is 42.5 Å². The Bertz CT molecular complexity index is 947. The molecule has 0 fully saturated rings. The second-order valence-corrected chi connectivity index (χ2v) is 7.11. The number of rotatable bonds is 5. The number of amides is 2. The molecular formula is C19H18ClN3O5. The van der Waals surface area contributed by atoms with E-state index < -0.39 is 22.8 Å². The molecule has 0 bridgehead atoms. The molecule has 28 heavy (non-hydrogen) atoms. The van der Waals surface area contributed by atoms with Crippen LogP contribution in [0.25, 0.3) is 0 Å². The number of halogens is 1. The fraction of sp³-hybridized carbons (Fsp3) is 0.263. The van der Waals surface area contributed by atoms with Crippen LogP contribution in [0.3, 0.4) is 0 Å². The molecule has 1 aliphatic rings. The number of nitrogens with one attached hydrogen (secondary N) is 1. The highest BCUT2D eigenvalue weighted by Crippen LogP contribution is 2.38. The number of anilines is 2. The molecule has 0 radical (unpaired) electrons. The van der Waals surface area contributed by atoms with Crippen LogP contribution in [0.2, 0.25) is 5.02 Å². The molecule has 9 heteroatoms. The Morgan fingerprint density at radius 1 is 1.32 bits per heavy atom. The standard InChI is InChI=1S/C19H18ClN3O5/c1-11(2)18-19(25)22(10-17(24)21-13-5-3-4-12(20)8-13)15-9-14(23(26)27)6-7-16(15)28-18/h3-9,11,18H,10H2,1-2H3,(H,21,24). The molecule has 8 nitrogen and oxygen atoms in total. The van der Waals surface area contributed by atoms with Crippen molar-refractivity contribution in [1.82, 2.24) is 0 Å². The number of hydrogen-bond acceptors (Lipinski definition) is 5. The maximum Gasteiger partial charge on any atom is 0.271 e. The fourth-order valence-electron chi connectivity index (χ4n) is 2.88. The Kier molecular flexibility index (Phi) is 5.51. The van der Waals surface area contributed by atoms with E-state index in [-0.39, 0.29) is 23.8 Å². The number of carbonyl (C=O) groups is 2. The van der Waals surface area contributed by atoms with Crippen molar-refractivity contribution in [2.45, 2.75) is 20.0 Å². The first-order chi connectivity index (χ1) is 13.3. The molecule has 146 valence electrons. The highest BCUT2D eigenvalue weighted by atomic mass is 35.5. The van der Waals surface area contributed by atoms with E-state index in [0.717, 1.165) is 0 Å². The van der Waals surface area contributed by atoms with Gasteiger partial charge in [0.25, 0.3) is 11.6 Å². The number of carbonyl (C=O) groups excluding carboxylic acids is 2. The van der Waals surface area contributed by atoms with Crippen LogP contribution in [0.4, 0.5) is 17.1 Å². The number of nitro benzene ring substituents is 1. The summed E-state index contributed by atoms with van der Waals surface area (Å²) in [6, 6.07) is 10.6. The van der Waals surface area contributed by atoms with Crippen molar-refractivity contribution in [2.75, 3.05) is 16.8 Å². The molecule has 1 N–H and O–H groups in total. The summed E-state index contributed by atoms with van der Waals surface area (Å²) < 4.78 is 5.72. The second-order valence-electron chi connectivity index (χ2n) is 6.67. The van der Waals surface area contributed by atoms with E-state index in [1.54, 1.807) is 24.3 Å². The van der Waals surface area contributed by atoms with Gasteiger partial charge in [-0.1, -0.05) is 31.5 Å². The lowest BCUT2D eigenvalue weighted by molar-refractivity contribution is -0.384. The van der Waals surface area contributed by atoms with Gasteiger partial charge in [0, 0.05) is 22.8 Å². The minimum atomic E-state index is -0.784. The first-order valence-corrected chi connectivity index (χ1v) is 8.96. The highest BCUT2D eigenvalue weighted by Gasteiger charge is 2.38. The van der Waals surface area contributed by atoms with E-state index in [9.17, 15) is 19.7 Å². The monoisotopic (exact) mass is 403 g/mol. The molecule has 0 saturated carbocycles. The Balaban J connectivity index is 1.91. The molecule has 2 amide bonds. The minimum absolute atomic E-state index is 0.144. The first kappa shape index (κ1) is 19.6. The van der Waals surface area contributed by atoms with E-state index in [4.69, 9.17) is 16.3 Å². The Morgan fingerprint density at radius 2 is 2.07 bits per heavy atom. The zero-order chi connectivity index (χ0) is 20.4. The highest BCUT2D eigenvalue weighted by molar-refractivity contribution is 6.30. The Hall–Kier alpha value is -3.13. The van der Waals surface area contributed by atoms with Crippen LogP contribution < -0.4 is 15.0 Å². The zero-order valence-corrected chi connectivity index (χ0v) is 16.0. The van der Waals surface area contributed by atoms with Gasteiger partial charge in [-0.05, 0) is 30.2 Å². The first-order valence-electron chi connectivity index (χ1n) is 8.58. The van der Waals surface area contributed by atoms with Gasteiger partial charge in [0.2, 0.25) is 5.91 Å². The number of hydrogen-bond donors (Lipinski definition) is 1. The number of non-ortho nitro benzene ring substituents is 1. The number of nitro groups is 1. The van der Waals surface area contributed by atoms with Crippen molar-refractivity contribution in [3.05, 3.63) is 57.6 Å². The Labute approximate surface area is 166 Å². The van der Waals surface area contributed by atoms with Gasteiger partial charge in [0.05, 0.1) is 10.6 Å². The van der Waals surface area contributed by atoms with Crippen molar-refractivity contribution < 1.29 is 19.2 Å². The van der Waals surface area contributed by atoms with Gasteiger partial charge in [0.1, 0.15) is 12.3 Å². The number of benzene rings is 2. The van der Waals surface area contributed by atoms with E-state index >= 15 is 0 Å². The summed E-state index contributed by atoms with van der Waals surface area (Å²) in [6.07, 6.45) is -0.784. The van der Waals surface area contributed by atoms with E-state index in [2.05, 4.69) is 5.32 Å². The van der Waals surface area contributed by atoms with Crippen molar-refractivity contribution in [1.29, 1.82) is 0 Å². The van der Waals surface area contributed by atoms with Crippen LogP contribution >= 0.6 is 11.6 Å². The maximum atomic E-state index is 12.9. The van der Waals surface area contributed by atoms with Gasteiger partial charge in [-0.3, -0.25) is 24.6 Å². The van der Waals surface area contributed by atoms with Crippen LogP contribution in [-0.4, -0.2) is 29.4 Å². The molecule has 1 aliphatic heterocycles. The topological polar surface area (TPSA) is 102 Å². The SMILES string of the molecule is CC(C)C1Oc2ccc([N+](=O)[O-])cc2N(CC(=O)Nc2cccc(Cl)c2)C1=O. The lowest BCUT2D eigenvalue weighted by atomic mass is 10.0. The summed E-state index contributed by atoms with van der Waals surface area (Å²) in [5.74, 6) is -0.712. The van der Waals surface area contributed by atoms with E-state index in [1.807, 2.05) is 13.8 Å². The molecule has 2 aromatic carbocycles. The van der Waals surface area contributed by atoms with Crippen LogP contribution in [0, 0.1) is 16.0 Å². The number of fused-ring (bicyclic) bond motifs is 1. The lowest BCUT2D eigenvalue weighted by Gasteiger charge is -2.35. The van der Waals surface area contributed by atoms with Crippen LogP contribution in [-0.2, 0) is 9.59 Å². The molecule has 1 atom stereocenters. The molecule has 0 aliphatic carbocycles. The average Bonchev–Trinajstić information content (AvgIpc) is 2.63. The molecule has 1 heterocycles. The molecule has 0 saturated heterocycles. The minimum Gasteiger partial charge on any atom is -0.478 e. The summed E-state index contributed by atoms with van der Waals surface area (Å²) in [7, 11) is 0. The summed E-state index contributed by atoms with van der Waals surface area (Å²) in [4.78, 5) is 37.2. The summed E-state index contributed by atoms with van der Waals surface area (Å²) in [5, 5.41) is 14.2. The average molecular weight is 404 g/mol. The molecule has 0 aromatic heterocycles. The normalized spacial score (nSPS) is 15.8. The molecule has 3 rings (SSSR count). The Morgan fingerprint density at radius 3 is 2.71 bits per heavy atom. The quantitative estimate of drug-likeness (QED) is 0.606. The lowest BCUT2D eigenvalue weighted by Crippen LogP contribution is -2.50. The van der Waals surface area contributed by atoms with Gasteiger partial charge in [-0.15, -0.1) is 0 Å². The van der Waals surface area contributed by atoms with E-state index in [1.165, 1.54) is 23.1 Å². The molecule has 1 unspecified atom stereocenters. The smallest absolute Gasteiger partial charge is 0.271 e. The second kappa shape index (κ2) is 7.85. The third-order valence-corrected chi connectivity index (χ3v) is 4.46. The molecule has 2 aromatic rings. The summed E-state index contributed by atoms with van der Waals surface area (Å²) in [6.45, 7) is 3.33. The maximum absolute atomic E-state index is 12.9. The largest absolute Gasteiger partial charge is 0.478 e. The van der Waals surface area contributed by atoms with Gasteiger partial charge >= 0.3 is 0 Å². The molecular weight excluding hydrogens is 386 g/mol. The third-order valence-electron chi connectivity index (χ3n) is 4.22. The van der Waals surface area contributed by atoms with Gasteiger partial charge in [-0.25, -0.2) is 0 Å². The van der Waals surface area contributed by atoms with E-state index in [0.29, 0.717) is 16.5 Å². The van der Waals surface area contributed by atoms with Crippen molar-refractivity contribution in [2.24, 2.45) is 5.92 Å². The third kappa shape index (κ3) is 4.07. The molecule has 0 spiro atoms. The number of ether oxygens (including phenoxy) is 1. The van der Waals surface area contributed by atoms with Crippen LogP contribution in [0.1, 0.15) is 13.8 Å². The predicted molar refractivity (Wildman–Crippen MR) is 105 cm³/mol. The summed E-state index contributed by atoms with van der Waals surface area (Å²) >= 11 is 5.92. The van der Waals surface area contributed by atoms with Gasteiger partial charge in [-0.2, -0.15) is 0 Å². The van der Waals surface area contributed by atoms with Crippen molar-refractivity contribution >= 4 is 40.5 Å². The van der Waals surface area contributed by atoms with Gasteiger partial charge < -0.3 is 10.1 Å². The zero-order valence-electron chi connectivity index (χ0n) is 15.2. The van der Waals surface area contributed by atoms with Gasteiger partial charge in [0.15, 0.2) is 6.10 Å². The van der Waals surface area contributed by atoms with Crippen LogP contribution in [0.5, 0.6) is 5.75 Å². The summed E-state index contributed by atoms with van der Waals surface area (Å²) in [5.41, 5.74) is 0.480. The van der Waals surface area contributed by atoms with Crippen molar-refractivity contribution in [3.8, 4) is 5.75 Å². The number of nitrogens with zero attached hydrogens (tertiary/aromatic N) is 2. The van der Waals surface area contributed by atoms with Crippen molar-refractivity contribution in [3.63, 3.8) is 0 Å². The predicted octanol–water partition coefficient (Wildman–Crippen LogP) is 3.64.